The van der Waals surface area contributed by atoms with Crippen LogP contribution in [0, 0.1) is 6.92 Å². The van der Waals surface area contributed by atoms with E-state index in [4.69, 9.17) is 4.98 Å². The number of phenolic OH excluding ortho intramolecular Hbond substituents is 1. The van der Waals surface area contributed by atoms with Crippen LogP contribution in [0.25, 0.3) is 55.9 Å². The van der Waals surface area contributed by atoms with Gasteiger partial charge in [-0.2, -0.15) is 0 Å². The fraction of sp³-hybridized carbons (Fsp3) is 0.0645. The van der Waals surface area contributed by atoms with Crippen LogP contribution in [-0.4, -0.2) is 24.6 Å². The van der Waals surface area contributed by atoms with Crippen LogP contribution in [0.3, 0.4) is 0 Å². The van der Waals surface area contributed by atoms with Crippen molar-refractivity contribution in [3.05, 3.63) is 109 Å². The highest BCUT2D eigenvalue weighted by Gasteiger charge is 2.17. The molecule has 3 aromatic carbocycles. The van der Waals surface area contributed by atoms with Crippen LogP contribution in [0.15, 0.2) is 104 Å². The highest BCUT2D eigenvalue weighted by molar-refractivity contribution is 5.94. The summed E-state index contributed by atoms with van der Waals surface area (Å²) in [5.74, 6) is 0.911. The lowest BCUT2D eigenvalue weighted by Gasteiger charge is -2.08. The molecule has 0 spiro atoms. The Morgan fingerprint density at radius 3 is 2.39 bits per heavy atom. The average Bonchev–Trinajstić information content (AvgIpc) is 3.27. The summed E-state index contributed by atoms with van der Waals surface area (Å²) in [4.78, 5) is 14.1. The summed E-state index contributed by atoms with van der Waals surface area (Å²) in [6.45, 7) is 2.00. The second kappa shape index (κ2) is 8.78. The number of fused-ring (bicyclic) bond motifs is 1. The molecule has 6 aromatic rings. The molecule has 1 N–H and O–H groups in total. The number of benzene rings is 3. The van der Waals surface area contributed by atoms with Crippen molar-refractivity contribution < 1.29 is 5.11 Å². The van der Waals surface area contributed by atoms with E-state index in [1.807, 2.05) is 79.6 Å². The number of pyridine rings is 2. The Kier molecular flexibility index (Phi) is 5.30. The lowest BCUT2D eigenvalue weighted by molar-refractivity contribution is 0.476. The van der Waals surface area contributed by atoms with Crippen molar-refractivity contribution in [2.45, 2.75) is 6.92 Å². The number of imidazole rings is 1. The van der Waals surface area contributed by atoms with E-state index in [0.717, 1.165) is 50.1 Å². The van der Waals surface area contributed by atoms with Gasteiger partial charge in [-0.25, -0.2) is 4.98 Å². The Hall–Kier alpha value is -4.77. The molecule has 0 radical (unpaired) electrons. The van der Waals surface area contributed by atoms with Crippen LogP contribution in [-0.2, 0) is 7.05 Å². The van der Waals surface area contributed by atoms with Crippen molar-refractivity contribution in [3.8, 4) is 50.6 Å². The zero-order valence-electron chi connectivity index (χ0n) is 20.1. The minimum atomic E-state index is 0.208. The Morgan fingerprint density at radius 2 is 1.53 bits per heavy atom. The number of aromatic nitrogens is 4. The van der Waals surface area contributed by atoms with Gasteiger partial charge in [0, 0.05) is 30.6 Å². The third-order valence-corrected chi connectivity index (χ3v) is 6.52. The van der Waals surface area contributed by atoms with Crippen molar-refractivity contribution in [1.82, 2.24) is 19.5 Å². The highest BCUT2D eigenvalue weighted by atomic mass is 16.3. The van der Waals surface area contributed by atoms with E-state index in [1.54, 1.807) is 6.07 Å². The van der Waals surface area contributed by atoms with Crippen LogP contribution in [0.2, 0.25) is 0 Å². The molecule has 0 atom stereocenters. The molecule has 5 heteroatoms. The molecule has 174 valence electrons. The first-order chi connectivity index (χ1) is 17.6. The van der Waals surface area contributed by atoms with Gasteiger partial charge in [-0.1, -0.05) is 60.2 Å². The first-order valence-corrected chi connectivity index (χ1v) is 11.8. The van der Waals surface area contributed by atoms with E-state index >= 15 is 0 Å². The number of rotatable bonds is 4. The lowest BCUT2D eigenvalue weighted by Crippen LogP contribution is -1.93. The quantitative estimate of drug-likeness (QED) is 0.301. The maximum absolute atomic E-state index is 10.5. The molecule has 3 heterocycles. The number of aryl methyl sites for hydroxylation is 2. The first kappa shape index (κ1) is 21.7. The first-order valence-electron chi connectivity index (χ1n) is 11.8. The number of nitrogens with zero attached hydrogens (tertiary/aromatic N) is 4. The van der Waals surface area contributed by atoms with Crippen LogP contribution >= 0.6 is 0 Å². The van der Waals surface area contributed by atoms with E-state index in [2.05, 4.69) is 46.4 Å². The van der Waals surface area contributed by atoms with Gasteiger partial charge in [-0.05, 0) is 53.9 Å². The molecule has 0 saturated carbocycles. The number of aromatic hydroxyl groups is 1. The fourth-order valence-electron chi connectivity index (χ4n) is 4.63. The van der Waals surface area contributed by atoms with Crippen molar-refractivity contribution in [2.75, 3.05) is 0 Å². The summed E-state index contributed by atoms with van der Waals surface area (Å²) in [7, 11) is 1.95. The fourth-order valence-corrected chi connectivity index (χ4v) is 4.63. The molecular weight excluding hydrogens is 444 g/mol. The molecule has 0 saturated heterocycles. The van der Waals surface area contributed by atoms with Crippen LogP contribution in [0.4, 0.5) is 0 Å². The maximum Gasteiger partial charge on any atom is 0.144 e. The molecule has 3 aromatic heterocycles. The smallest absolute Gasteiger partial charge is 0.144 e. The molecule has 0 aliphatic heterocycles. The van der Waals surface area contributed by atoms with Gasteiger partial charge in [0.05, 0.1) is 23.0 Å². The third-order valence-electron chi connectivity index (χ3n) is 6.52. The van der Waals surface area contributed by atoms with Crippen molar-refractivity contribution in [1.29, 1.82) is 0 Å². The minimum absolute atomic E-state index is 0.208. The molecule has 0 bridgehead atoms. The molecule has 0 aliphatic carbocycles. The van der Waals surface area contributed by atoms with Gasteiger partial charge in [-0.15, -0.1) is 0 Å². The van der Waals surface area contributed by atoms with Gasteiger partial charge in [0.2, 0.25) is 0 Å². The summed E-state index contributed by atoms with van der Waals surface area (Å²) in [6.07, 6.45) is 5.52. The Balaban J connectivity index is 1.46. The standard InChI is InChI=1S/C31H24N4O/c1-20-11-12-29(36)25(15-20)31-34-30-26(18-32-19-28(30)35(31)2)23-9-6-10-24(16-23)27-17-22(13-14-33-27)21-7-4-3-5-8-21/h3-19,36H,1-2H3. The van der Waals surface area contributed by atoms with E-state index < -0.39 is 0 Å². The molecule has 6 rings (SSSR count). The summed E-state index contributed by atoms with van der Waals surface area (Å²) in [6, 6.07) is 28.3. The molecule has 5 nitrogen and oxygen atoms in total. The molecule has 0 unspecified atom stereocenters. The number of hydrogen-bond acceptors (Lipinski definition) is 4. The topological polar surface area (TPSA) is 63.8 Å². The zero-order valence-corrected chi connectivity index (χ0v) is 20.1. The number of phenols is 1. The van der Waals surface area contributed by atoms with E-state index in [1.165, 1.54) is 0 Å². The second-order valence-corrected chi connectivity index (χ2v) is 8.95. The van der Waals surface area contributed by atoms with Gasteiger partial charge < -0.3 is 9.67 Å². The Labute approximate surface area is 209 Å². The maximum atomic E-state index is 10.5. The normalized spacial score (nSPS) is 11.2. The van der Waals surface area contributed by atoms with E-state index in [-0.39, 0.29) is 5.75 Å². The van der Waals surface area contributed by atoms with Gasteiger partial charge >= 0.3 is 0 Å². The molecule has 0 fully saturated rings. The van der Waals surface area contributed by atoms with Gasteiger partial charge in [0.15, 0.2) is 0 Å². The summed E-state index contributed by atoms with van der Waals surface area (Å²) >= 11 is 0. The highest BCUT2D eigenvalue weighted by Crippen LogP contribution is 2.35. The molecule has 0 aliphatic rings. The van der Waals surface area contributed by atoms with Gasteiger partial charge in [0.25, 0.3) is 0 Å². The van der Waals surface area contributed by atoms with Crippen molar-refractivity contribution in [3.63, 3.8) is 0 Å². The summed E-state index contributed by atoms with van der Waals surface area (Å²) < 4.78 is 1.98. The van der Waals surface area contributed by atoms with Crippen LogP contribution in [0.1, 0.15) is 5.56 Å². The van der Waals surface area contributed by atoms with Crippen LogP contribution in [0.5, 0.6) is 5.75 Å². The second-order valence-electron chi connectivity index (χ2n) is 8.95. The van der Waals surface area contributed by atoms with E-state index in [0.29, 0.717) is 11.4 Å². The monoisotopic (exact) mass is 468 g/mol. The Bertz CT molecular complexity index is 1720. The van der Waals surface area contributed by atoms with Gasteiger partial charge in [0.1, 0.15) is 17.1 Å². The summed E-state index contributed by atoms with van der Waals surface area (Å²) in [5.41, 5.74) is 9.66. The SMILES string of the molecule is Cc1ccc(O)c(-c2nc3c(-c4cccc(-c5cc(-c6ccccc6)ccn5)c4)cncc3n2C)c1. The van der Waals surface area contributed by atoms with E-state index in [9.17, 15) is 5.11 Å². The molecule has 0 amide bonds. The predicted octanol–water partition coefficient (Wildman–Crippen LogP) is 7.05. The number of hydrogen-bond donors (Lipinski definition) is 1. The van der Waals surface area contributed by atoms with Crippen molar-refractivity contribution in [2.24, 2.45) is 7.05 Å². The average molecular weight is 469 g/mol. The van der Waals surface area contributed by atoms with Crippen LogP contribution < -0.4 is 0 Å². The third kappa shape index (κ3) is 3.81. The lowest BCUT2D eigenvalue weighted by atomic mass is 10.00. The molecule has 36 heavy (non-hydrogen) atoms. The summed E-state index contributed by atoms with van der Waals surface area (Å²) in [5, 5.41) is 10.5. The predicted molar refractivity (Wildman–Crippen MR) is 144 cm³/mol. The Morgan fingerprint density at radius 1 is 0.722 bits per heavy atom. The minimum Gasteiger partial charge on any atom is -0.507 e. The van der Waals surface area contributed by atoms with Gasteiger partial charge in [-0.3, -0.25) is 9.97 Å². The largest absolute Gasteiger partial charge is 0.507 e. The van der Waals surface area contributed by atoms with Crippen molar-refractivity contribution >= 4 is 11.0 Å². The zero-order chi connectivity index (χ0) is 24.6. The molecular formula is C31H24N4O.